The maximum Gasteiger partial charge on any atom is 0.222 e. The fraction of sp³-hybridized carbons (Fsp3) is 0.500. The summed E-state index contributed by atoms with van der Waals surface area (Å²) in [5, 5.41) is 3.72. The van der Waals surface area contributed by atoms with Gasteiger partial charge in [0.15, 0.2) is 5.78 Å². The molecule has 16 heavy (non-hydrogen) atoms. The molecule has 86 valence electrons. The smallest absolute Gasteiger partial charge is 0.222 e. The van der Waals surface area contributed by atoms with Crippen LogP contribution in [0.2, 0.25) is 0 Å². The van der Waals surface area contributed by atoms with Gasteiger partial charge in [-0.05, 0) is 24.3 Å². The van der Waals surface area contributed by atoms with Crippen molar-refractivity contribution in [3.05, 3.63) is 22.4 Å². The molecule has 1 fully saturated rings. The largest absolute Gasteiger partial charge is 0.335 e. The molecule has 1 aromatic rings. The summed E-state index contributed by atoms with van der Waals surface area (Å²) in [6, 6.07) is 1.81. The normalized spacial score (nSPS) is 17.2. The van der Waals surface area contributed by atoms with Crippen LogP contribution < -0.4 is 0 Å². The zero-order valence-corrected chi connectivity index (χ0v) is 9.96. The monoisotopic (exact) mass is 237 g/mol. The van der Waals surface area contributed by atoms with Crippen LogP contribution in [-0.4, -0.2) is 29.7 Å². The Morgan fingerprint density at radius 1 is 1.38 bits per heavy atom. The Labute approximate surface area is 99.1 Å². The van der Waals surface area contributed by atoms with Gasteiger partial charge in [0, 0.05) is 23.9 Å². The summed E-state index contributed by atoms with van der Waals surface area (Å²) in [4.78, 5) is 25.2. The second-order valence-corrected chi connectivity index (χ2v) is 4.84. The average Bonchev–Trinajstić information content (AvgIpc) is 2.73. The van der Waals surface area contributed by atoms with E-state index >= 15 is 0 Å². The number of ketones is 1. The Balaban J connectivity index is 1.97. The lowest BCUT2D eigenvalue weighted by Crippen LogP contribution is -2.35. The van der Waals surface area contributed by atoms with Gasteiger partial charge >= 0.3 is 0 Å². The van der Waals surface area contributed by atoms with Gasteiger partial charge in [0.25, 0.3) is 0 Å². The first-order valence-electron chi connectivity index (χ1n) is 5.60. The van der Waals surface area contributed by atoms with Gasteiger partial charge in [0.1, 0.15) is 0 Å². The molecule has 1 saturated heterocycles. The molecule has 1 aromatic heterocycles. The van der Waals surface area contributed by atoms with Gasteiger partial charge in [-0.2, -0.15) is 11.3 Å². The zero-order chi connectivity index (χ0) is 11.4. The van der Waals surface area contributed by atoms with E-state index in [-0.39, 0.29) is 18.2 Å². The van der Waals surface area contributed by atoms with Crippen molar-refractivity contribution >= 4 is 23.0 Å². The number of nitrogens with zero attached hydrogens (tertiary/aromatic N) is 1. The minimum atomic E-state index is 0.0523. The van der Waals surface area contributed by atoms with E-state index in [1.807, 2.05) is 16.8 Å². The van der Waals surface area contributed by atoms with E-state index in [4.69, 9.17) is 0 Å². The molecule has 1 aliphatic rings. The van der Waals surface area contributed by atoms with Crippen LogP contribution in [0.15, 0.2) is 16.8 Å². The molecule has 0 bridgehead atoms. The van der Waals surface area contributed by atoms with Crippen LogP contribution in [0, 0.1) is 0 Å². The highest BCUT2D eigenvalue weighted by atomic mass is 32.1. The van der Waals surface area contributed by atoms with E-state index in [1.54, 1.807) is 4.90 Å². The summed E-state index contributed by atoms with van der Waals surface area (Å²) in [6.45, 7) is 0.976. The first-order valence-corrected chi connectivity index (χ1v) is 6.55. The predicted molar refractivity (Wildman–Crippen MR) is 63.7 cm³/mol. The van der Waals surface area contributed by atoms with Gasteiger partial charge in [-0.3, -0.25) is 9.59 Å². The number of rotatable bonds is 3. The SMILES string of the molecule is O=C(CN1CCCCCC1=O)c1ccsc1. The standard InChI is InChI=1S/C12H15NO2S/c14-11(10-5-7-16-9-10)8-13-6-3-1-2-4-12(13)15/h5,7,9H,1-4,6,8H2. The molecule has 0 spiro atoms. The fourth-order valence-corrected chi connectivity index (χ4v) is 2.55. The Morgan fingerprint density at radius 2 is 2.25 bits per heavy atom. The van der Waals surface area contributed by atoms with Crippen molar-refractivity contribution in [3.63, 3.8) is 0 Å². The van der Waals surface area contributed by atoms with Crippen LogP contribution in [0.4, 0.5) is 0 Å². The lowest BCUT2D eigenvalue weighted by atomic mass is 10.2. The van der Waals surface area contributed by atoms with Gasteiger partial charge in [-0.15, -0.1) is 0 Å². The highest BCUT2D eigenvalue weighted by Gasteiger charge is 2.19. The van der Waals surface area contributed by atoms with E-state index < -0.39 is 0 Å². The van der Waals surface area contributed by atoms with E-state index in [9.17, 15) is 9.59 Å². The molecule has 2 rings (SSSR count). The number of Topliss-reactive ketones (excluding diaryl/α,β-unsaturated/α-hetero) is 1. The van der Waals surface area contributed by atoms with Crippen LogP contribution >= 0.6 is 11.3 Å². The number of carbonyl (C=O) groups excluding carboxylic acids is 2. The van der Waals surface area contributed by atoms with E-state index in [2.05, 4.69) is 0 Å². The van der Waals surface area contributed by atoms with Crippen molar-refractivity contribution in [3.8, 4) is 0 Å². The Hall–Kier alpha value is -1.16. The number of thiophene rings is 1. The molecule has 0 aromatic carbocycles. The number of amides is 1. The predicted octanol–water partition coefficient (Wildman–Crippen LogP) is 2.33. The van der Waals surface area contributed by atoms with Crippen molar-refractivity contribution in [2.75, 3.05) is 13.1 Å². The third-order valence-corrected chi connectivity index (χ3v) is 3.53. The van der Waals surface area contributed by atoms with Crippen LogP contribution in [0.5, 0.6) is 0 Å². The number of carbonyl (C=O) groups is 2. The molecule has 0 aliphatic carbocycles. The van der Waals surface area contributed by atoms with Crippen molar-refractivity contribution in [2.24, 2.45) is 0 Å². The Kier molecular flexibility index (Phi) is 3.72. The Morgan fingerprint density at radius 3 is 3.00 bits per heavy atom. The van der Waals surface area contributed by atoms with Crippen molar-refractivity contribution in [1.29, 1.82) is 0 Å². The van der Waals surface area contributed by atoms with Gasteiger partial charge < -0.3 is 4.90 Å². The first-order chi connectivity index (χ1) is 7.77. The van der Waals surface area contributed by atoms with Crippen LogP contribution in [0.1, 0.15) is 36.0 Å². The molecule has 0 atom stereocenters. The summed E-state index contributed by atoms with van der Waals surface area (Å²) in [5.74, 6) is 0.178. The second kappa shape index (κ2) is 5.25. The highest BCUT2D eigenvalue weighted by Crippen LogP contribution is 2.13. The van der Waals surface area contributed by atoms with Gasteiger partial charge in [0.05, 0.1) is 6.54 Å². The third kappa shape index (κ3) is 2.70. The molecular formula is C12H15NO2S. The summed E-state index contributed by atoms with van der Waals surface area (Å²) >= 11 is 1.51. The van der Waals surface area contributed by atoms with Crippen molar-refractivity contribution in [1.82, 2.24) is 4.90 Å². The molecule has 1 aliphatic heterocycles. The third-order valence-electron chi connectivity index (χ3n) is 2.85. The van der Waals surface area contributed by atoms with Gasteiger partial charge in [-0.1, -0.05) is 6.42 Å². The lowest BCUT2D eigenvalue weighted by Gasteiger charge is -2.19. The van der Waals surface area contributed by atoms with Gasteiger partial charge in [-0.25, -0.2) is 0 Å². The highest BCUT2D eigenvalue weighted by molar-refractivity contribution is 7.08. The molecule has 4 heteroatoms. The average molecular weight is 237 g/mol. The zero-order valence-electron chi connectivity index (χ0n) is 9.15. The quantitative estimate of drug-likeness (QED) is 0.757. The molecule has 0 saturated carbocycles. The minimum Gasteiger partial charge on any atom is -0.335 e. The maximum atomic E-state index is 11.8. The molecule has 2 heterocycles. The van der Waals surface area contributed by atoms with E-state index in [1.165, 1.54) is 11.3 Å². The Bertz CT molecular complexity index is 372. The topological polar surface area (TPSA) is 37.4 Å². The van der Waals surface area contributed by atoms with E-state index in [0.29, 0.717) is 6.42 Å². The molecule has 0 radical (unpaired) electrons. The molecule has 3 nitrogen and oxygen atoms in total. The molecule has 0 N–H and O–H groups in total. The summed E-state index contributed by atoms with van der Waals surface area (Å²) in [5.41, 5.74) is 0.724. The first kappa shape index (κ1) is 11.3. The minimum absolute atomic E-state index is 0.0523. The number of hydrogen-bond donors (Lipinski definition) is 0. The number of hydrogen-bond acceptors (Lipinski definition) is 3. The van der Waals surface area contributed by atoms with Crippen LogP contribution in [0.25, 0.3) is 0 Å². The second-order valence-electron chi connectivity index (χ2n) is 4.06. The van der Waals surface area contributed by atoms with Crippen molar-refractivity contribution in [2.45, 2.75) is 25.7 Å². The fourth-order valence-electron chi connectivity index (χ4n) is 1.89. The van der Waals surface area contributed by atoms with Crippen LogP contribution in [0.3, 0.4) is 0 Å². The summed E-state index contributed by atoms with van der Waals surface area (Å²) in [6.07, 6.45) is 3.66. The number of likely N-dealkylation sites (tertiary alicyclic amines) is 1. The molecular weight excluding hydrogens is 222 g/mol. The summed E-state index contributed by atoms with van der Waals surface area (Å²) in [7, 11) is 0. The lowest BCUT2D eigenvalue weighted by molar-refractivity contribution is -0.130. The van der Waals surface area contributed by atoms with E-state index in [0.717, 1.165) is 31.4 Å². The maximum absolute atomic E-state index is 11.8. The van der Waals surface area contributed by atoms with Crippen LogP contribution in [-0.2, 0) is 4.79 Å². The van der Waals surface area contributed by atoms with Gasteiger partial charge in [0.2, 0.25) is 5.91 Å². The molecule has 0 unspecified atom stereocenters. The summed E-state index contributed by atoms with van der Waals surface area (Å²) < 4.78 is 0. The van der Waals surface area contributed by atoms with Crippen molar-refractivity contribution < 1.29 is 9.59 Å². The molecule has 1 amide bonds.